The van der Waals surface area contributed by atoms with E-state index < -0.39 is 22.3 Å². The van der Waals surface area contributed by atoms with Crippen LogP contribution in [0.5, 0.6) is 5.75 Å². The summed E-state index contributed by atoms with van der Waals surface area (Å²) < 4.78 is 5.34. The number of aliphatic hydroxyl groups is 1. The molecule has 1 aliphatic carbocycles. The summed E-state index contributed by atoms with van der Waals surface area (Å²) in [5.74, 6) is 0.188. The number of carbonyl (C=O) groups is 1. The minimum atomic E-state index is -1.29. The van der Waals surface area contributed by atoms with Crippen LogP contribution < -0.4 is 4.74 Å². The Kier molecular flexibility index (Phi) is 6.21. The number of Topliss-reactive ketones (excluding diaryl/α,β-unsaturated/α-hetero) is 1. The number of benzene rings is 2. The van der Waals surface area contributed by atoms with E-state index >= 15 is 0 Å². The maximum Gasteiger partial charge on any atom is 0.145 e. The van der Waals surface area contributed by atoms with Crippen molar-refractivity contribution in [3.8, 4) is 5.75 Å². The van der Waals surface area contributed by atoms with Crippen LogP contribution in [0.3, 0.4) is 0 Å². The van der Waals surface area contributed by atoms with Crippen molar-refractivity contribution in [3.63, 3.8) is 0 Å². The number of allylic oxidation sites excluding steroid dienone is 1. The summed E-state index contributed by atoms with van der Waals surface area (Å²) in [5.41, 5.74) is 0.844. The largest absolute Gasteiger partial charge is 0.497 e. The third kappa shape index (κ3) is 4.48. The molecule has 1 N–H and O–H groups in total. The third-order valence-electron chi connectivity index (χ3n) is 6.62. The van der Waals surface area contributed by atoms with E-state index in [0.29, 0.717) is 6.42 Å². The molecule has 0 unspecified atom stereocenters. The summed E-state index contributed by atoms with van der Waals surface area (Å²) in [6, 6.07) is 18.1. The predicted molar refractivity (Wildman–Crippen MR) is 127 cm³/mol. The first-order valence-electron chi connectivity index (χ1n) is 11.1. The van der Waals surface area contributed by atoms with Crippen LogP contribution in [0.4, 0.5) is 0 Å². The fourth-order valence-electron chi connectivity index (χ4n) is 4.62. The van der Waals surface area contributed by atoms with Crippen molar-refractivity contribution in [2.75, 3.05) is 7.11 Å². The molecule has 0 saturated heterocycles. The molecule has 2 aromatic carbocycles. The molecule has 0 spiro atoms. The Balaban J connectivity index is 2.24. The summed E-state index contributed by atoms with van der Waals surface area (Å²) in [5, 5.41) is 12.2. The molecule has 3 atom stereocenters. The van der Waals surface area contributed by atoms with Crippen LogP contribution in [0, 0.1) is 16.7 Å². The molecule has 166 valence electrons. The minimum Gasteiger partial charge on any atom is -0.497 e. The van der Waals surface area contributed by atoms with E-state index in [-0.39, 0.29) is 11.7 Å². The second-order valence-corrected chi connectivity index (χ2v) is 10.8. The summed E-state index contributed by atoms with van der Waals surface area (Å²) in [7, 11) is 1.65. The zero-order chi connectivity index (χ0) is 23.0. The number of carbonyl (C=O) groups excluding carboxylic acids is 1. The molecule has 0 aliphatic heterocycles. The Morgan fingerprint density at radius 1 is 0.968 bits per heavy atom. The maximum atomic E-state index is 13.8. The van der Waals surface area contributed by atoms with E-state index in [1.54, 1.807) is 7.11 Å². The standard InChI is InChI=1S/C28H36O3/c1-26(2,3)25(29)24-23(20-13-15-22(31-7)16-14-20)17-21(19-11-9-8-10-12-19)18-28(24,30)27(4,5)6/h8-16,18,23-24,30H,17H2,1-7H3/t23-,24-,28+/m0/s1. The highest BCUT2D eigenvalue weighted by molar-refractivity contribution is 5.90. The molecular weight excluding hydrogens is 384 g/mol. The first-order valence-corrected chi connectivity index (χ1v) is 11.1. The lowest BCUT2D eigenvalue weighted by molar-refractivity contribution is -0.147. The van der Waals surface area contributed by atoms with Crippen molar-refractivity contribution in [2.24, 2.45) is 16.7 Å². The quantitative estimate of drug-likeness (QED) is 0.634. The van der Waals surface area contributed by atoms with Gasteiger partial charge in [0.05, 0.1) is 18.6 Å². The summed E-state index contributed by atoms with van der Waals surface area (Å²) in [6.07, 6.45) is 2.66. The molecule has 3 heteroatoms. The highest BCUT2D eigenvalue weighted by Crippen LogP contribution is 2.54. The number of rotatable bonds is 4. The third-order valence-corrected chi connectivity index (χ3v) is 6.62. The summed E-state index contributed by atoms with van der Waals surface area (Å²) in [4.78, 5) is 13.8. The van der Waals surface area contributed by atoms with Crippen LogP contribution in [0.15, 0.2) is 60.7 Å². The molecule has 0 heterocycles. The van der Waals surface area contributed by atoms with E-state index in [9.17, 15) is 9.90 Å². The second-order valence-electron chi connectivity index (χ2n) is 10.8. The Labute approximate surface area is 187 Å². The average molecular weight is 421 g/mol. The number of methoxy groups -OCH3 is 1. The lowest BCUT2D eigenvalue weighted by atomic mass is 9.55. The Morgan fingerprint density at radius 2 is 1.55 bits per heavy atom. The number of ketones is 1. The molecule has 0 fully saturated rings. The number of hydrogen-bond donors (Lipinski definition) is 1. The van der Waals surface area contributed by atoms with Gasteiger partial charge in [0.2, 0.25) is 0 Å². The van der Waals surface area contributed by atoms with Crippen LogP contribution in [-0.2, 0) is 4.79 Å². The second kappa shape index (κ2) is 8.27. The minimum absolute atomic E-state index is 0.0918. The van der Waals surface area contributed by atoms with Crippen molar-refractivity contribution in [2.45, 2.75) is 59.5 Å². The van der Waals surface area contributed by atoms with Gasteiger partial charge in [-0.1, -0.05) is 84.0 Å². The van der Waals surface area contributed by atoms with Crippen LogP contribution in [0.25, 0.3) is 5.57 Å². The monoisotopic (exact) mass is 420 g/mol. The molecule has 0 aromatic heterocycles. The predicted octanol–water partition coefficient (Wildman–Crippen LogP) is 6.27. The molecule has 0 amide bonds. The van der Waals surface area contributed by atoms with Crippen LogP contribution >= 0.6 is 0 Å². The van der Waals surface area contributed by atoms with Gasteiger partial charge in [0.1, 0.15) is 11.5 Å². The van der Waals surface area contributed by atoms with Gasteiger partial charge in [0, 0.05) is 11.3 Å². The van der Waals surface area contributed by atoms with Gasteiger partial charge >= 0.3 is 0 Å². The SMILES string of the molecule is COc1ccc([C@@H]2CC(c3ccccc3)=C[C@](O)(C(C)(C)C)[C@@H]2C(=O)C(C)(C)C)cc1. The van der Waals surface area contributed by atoms with E-state index in [1.807, 2.05) is 90.1 Å². The Morgan fingerprint density at radius 3 is 2.03 bits per heavy atom. The van der Waals surface area contributed by atoms with E-state index in [2.05, 4.69) is 12.1 Å². The van der Waals surface area contributed by atoms with Gasteiger partial charge in [-0.15, -0.1) is 0 Å². The van der Waals surface area contributed by atoms with Crippen molar-refractivity contribution >= 4 is 11.4 Å². The Bertz CT molecular complexity index is 942. The zero-order valence-corrected chi connectivity index (χ0v) is 19.9. The van der Waals surface area contributed by atoms with Crippen LogP contribution in [-0.4, -0.2) is 23.6 Å². The highest BCUT2D eigenvalue weighted by Gasteiger charge is 2.55. The number of hydrogen-bond acceptors (Lipinski definition) is 3. The molecule has 0 saturated carbocycles. The smallest absolute Gasteiger partial charge is 0.145 e. The number of ether oxygens (including phenoxy) is 1. The zero-order valence-electron chi connectivity index (χ0n) is 19.9. The lowest BCUT2D eigenvalue weighted by Crippen LogP contribution is -2.56. The molecule has 3 rings (SSSR count). The lowest BCUT2D eigenvalue weighted by Gasteiger charge is -2.51. The van der Waals surface area contributed by atoms with Gasteiger partial charge in [0.15, 0.2) is 0 Å². The fraction of sp³-hybridized carbons (Fsp3) is 0.464. The highest BCUT2D eigenvalue weighted by atomic mass is 16.5. The van der Waals surface area contributed by atoms with E-state index in [0.717, 1.165) is 22.4 Å². The average Bonchev–Trinajstić information content (AvgIpc) is 2.72. The van der Waals surface area contributed by atoms with Crippen molar-refractivity contribution in [1.29, 1.82) is 0 Å². The van der Waals surface area contributed by atoms with Crippen LogP contribution in [0.2, 0.25) is 0 Å². The summed E-state index contributed by atoms with van der Waals surface area (Å²) >= 11 is 0. The molecule has 1 aliphatic rings. The molecular formula is C28H36O3. The van der Waals surface area contributed by atoms with Gasteiger partial charge in [-0.3, -0.25) is 4.79 Å². The van der Waals surface area contributed by atoms with Gasteiger partial charge in [-0.2, -0.15) is 0 Å². The maximum absolute atomic E-state index is 13.8. The van der Waals surface area contributed by atoms with Crippen LogP contribution in [0.1, 0.15) is 65.0 Å². The molecule has 31 heavy (non-hydrogen) atoms. The molecule has 0 bridgehead atoms. The molecule has 3 nitrogen and oxygen atoms in total. The van der Waals surface area contributed by atoms with Gasteiger partial charge in [0.25, 0.3) is 0 Å². The van der Waals surface area contributed by atoms with Gasteiger partial charge < -0.3 is 9.84 Å². The van der Waals surface area contributed by atoms with Gasteiger partial charge in [-0.25, -0.2) is 0 Å². The summed E-state index contributed by atoms with van der Waals surface area (Å²) in [6.45, 7) is 11.9. The normalized spacial score (nSPS) is 24.5. The fourth-order valence-corrected chi connectivity index (χ4v) is 4.62. The molecule has 2 aromatic rings. The molecule has 0 radical (unpaired) electrons. The van der Waals surface area contributed by atoms with Crippen molar-refractivity contribution < 1.29 is 14.6 Å². The van der Waals surface area contributed by atoms with E-state index in [1.165, 1.54) is 0 Å². The van der Waals surface area contributed by atoms with Crippen molar-refractivity contribution in [3.05, 3.63) is 71.8 Å². The first kappa shape index (κ1) is 23.3. The Hall–Kier alpha value is -2.39. The van der Waals surface area contributed by atoms with Crippen molar-refractivity contribution in [1.82, 2.24) is 0 Å². The van der Waals surface area contributed by atoms with E-state index in [4.69, 9.17) is 4.74 Å². The topological polar surface area (TPSA) is 46.5 Å². The first-order chi connectivity index (χ1) is 14.4. The van der Waals surface area contributed by atoms with Gasteiger partial charge in [-0.05, 0) is 46.7 Å².